The summed E-state index contributed by atoms with van der Waals surface area (Å²) in [7, 11) is 0. The van der Waals surface area contributed by atoms with Gasteiger partial charge in [0.1, 0.15) is 11.3 Å². The third-order valence-electron chi connectivity index (χ3n) is 5.67. The van der Waals surface area contributed by atoms with Gasteiger partial charge in [0.15, 0.2) is 0 Å². The summed E-state index contributed by atoms with van der Waals surface area (Å²) in [6, 6.07) is 11.8. The van der Waals surface area contributed by atoms with E-state index >= 15 is 0 Å². The van der Waals surface area contributed by atoms with E-state index < -0.39 is 5.54 Å². The third kappa shape index (κ3) is 3.01. The number of furan rings is 1. The quantitative estimate of drug-likeness (QED) is 0.829. The molecule has 1 aromatic carbocycles. The Balaban J connectivity index is 1.42. The van der Waals surface area contributed by atoms with E-state index in [1.54, 1.807) is 6.26 Å². The topological polar surface area (TPSA) is 74.6 Å². The van der Waals surface area contributed by atoms with Gasteiger partial charge in [-0.2, -0.15) is 0 Å². The first-order valence-corrected chi connectivity index (χ1v) is 9.04. The van der Waals surface area contributed by atoms with Crippen LogP contribution in [0.3, 0.4) is 0 Å². The minimum atomic E-state index is -0.782. The van der Waals surface area contributed by atoms with E-state index in [1.807, 2.05) is 31.2 Å². The summed E-state index contributed by atoms with van der Waals surface area (Å²) in [5, 5.41) is 5.18. The summed E-state index contributed by atoms with van der Waals surface area (Å²) in [6.45, 7) is 4.48. The predicted octanol–water partition coefficient (Wildman–Crippen LogP) is 2.76. The number of piperidine rings is 1. The summed E-state index contributed by atoms with van der Waals surface area (Å²) < 4.78 is 5.57. The van der Waals surface area contributed by atoms with Gasteiger partial charge in [-0.3, -0.25) is 15.0 Å². The maximum Gasteiger partial charge on any atom is 0.322 e. The molecule has 0 bridgehead atoms. The number of benzene rings is 1. The van der Waals surface area contributed by atoms with Gasteiger partial charge in [0.2, 0.25) is 0 Å². The van der Waals surface area contributed by atoms with Crippen molar-refractivity contribution in [3.8, 4) is 11.3 Å². The number of nitrogens with zero attached hydrogens (tertiary/aromatic N) is 1. The van der Waals surface area contributed by atoms with Crippen molar-refractivity contribution in [2.24, 2.45) is 5.92 Å². The highest BCUT2D eigenvalue weighted by Crippen LogP contribution is 2.32. The molecule has 1 aromatic heterocycles. The molecule has 0 radical (unpaired) electrons. The van der Waals surface area contributed by atoms with E-state index in [0.29, 0.717) is 0 Å². The number of urea groups is 1. The zero-order chi connectivity index (χ0) is 18.1. The number of carbonyl (C=O) groups is 2. The molecule has 3 heterocycles. The smallest absolute Gasteiger partial charge is 0.322 e. The average molecular weight is 353 g/mol. The predicted molar refractivity (Wildman–Crippen MR) is 97.2 cm³/mol. The fourth-order valence-electron chi connectivity index (χ4n) is 4.08. The van der Waals surface area contributed by atoms with Crippen LogP contribution in [0.2, 0.25) is 0 Å². The average Bonchev–Trinajstić information content (AvgIpc) is 3.25. The Hall–Kier alpha value is -2.60. The van der Waals surface area contributed by atoms with Crippen molar-refractivity contribution in [3.63, 3.8) is 0 Å². The largest absolute Gasteiger partial charge is 0.464 e. The lowest BCUT2D eigenvalue weighted by Crippen LogP contribution is -2.53. The third-order valence-corrected chi connectivity index (χ3v) is 5.67. The number of hydrogen-bond donors (Lipinski definition) is 2. The summed E-state index contributed by atoms with van der Waals surface area (Å²) in [5.41, 5.74) is 1.57. The zero-order valence-electron chi connectivity index (χ0n) is 14.8. The molecule has 2 aromatic rings. The minimum Gasteiger partial charge on any atom is -0.464 e. The van der Waals surface area contributed by atoms with E-state index in [0.717, 1.165) is 43.8 Å². The van der Waals surface area contributed by atoms with E-state index in [9.17, 15) is 9.59 Å². The maximum atomic E-state index is 12.1. The summed E-state index contributed by atoms with van der Waals surface area (Å²) >= 11 is 0. The Morgan fingerprint density at radius 3 is 2.58 bits per heavy atom. The molecule has 2 N–H and O–H groups in total. The lowest BCUT2D eigenvalue weighted by molar-refractivity contribution is -0.125. The highest BCUT2D eigenvalue weighted by Gasteiger charge is 2.48. The van der Waals surface area contributed by atoms with Gasteiger partial charge in [0.05, 0.1) is 6.26 Å². The van der Waals surface area contributed by atoms with E-state index in [2.05, 4.69) is 27.7 Å². The fraction of sp³-hybridized carbons (Fsp3) is 0.400. The van der Waals surface area contributed by atoms with Gasteiger partial charge in [-0.1, -0.05) is 24.3 Å². The summed E-state index contributed by atoms with van der Waals surface area (Å²) in [4.78, 5) is 26.0. The monoisotopic (exact) mass is 353 g/mol. The van der Waals surface area contributed by atoms with Crippen molar-refractivity contribution in [1.29, 1.82) is 0 Å². The molecule has 0 aliphatic carbocycles. The molecule has 1 unspecified atom stereocenters. The van der Waals surface area contributed by atoms with Crippen molar-refractivity contribution in [3.05, 3.63) is 48.2 Å². The number of carbonyl (C=O) groups excluding carboxylic acids is 2. The van der Waals surface area contributed by atoms with Gasteiger partial charge in [-0.25, -0.2) is 4.79 Å². The van der Waals surface area contributed by atoms with Crippen LogP contribution in [0.5, 0.6) is 0 Å². The van der Waals surface area contributed by atoms with Crippen LogP contribution in [0.1, 0.15) is 25.3 Å². The Kier molecular flexibility index (Phi) is 4.28. The first-order valence-electron chi connectivity index (χ1n) is 9.04. The molecule has 4 rings (SSSR count). The van der Waals surface area contributed by atoms with Gasteiger partial charge in [-0.15, -0.1) is 0 Å². The summed E-state index contributed by atoms with van der Waals surface area (Å²) in [5.74, 6) is 0.836. The fourth-order valence-corrected chi connectivity index (χ4v) is 4.08. The lowest BCUT2D eigenvalue weighted by atomic mass is 9.79. The molecule has 136 valence electrons. The Morgan fingerprint density at radius 1 is 1.15 bits per heavy atom. The molecule has 26 heavy (non-hydrogen) atoms. The van der Waals surface area contributed by atoms with Gasteiger partial charge in [0, 0.05) is 12.1 Å². The first kappa shape index (κ1) is 16.8. The number of amides is 3. The normalized spacial score (nSPS) is 24.5. The highest BCUT2D eigenvalue weighted by atomic mass is 16.3. The maximum absolute atomic E-state index is 12.1. The molecular weight excluding hydrogens is 330 g/mol. The van der Waals surface area contributed by atoms with Gasteiger partial charge >= 0.3 is 6.03 Å². The number of imide groups is 1. The molecule has 2 aliphatic rings. The number of hydrogen-bond acceptors (Lipinski definition) is 4. The van der Waals surface area contributed by atoms with Crippen LogP contribution < -0.4 is 10.6 Å². The second-order valence-electron chi connectivity index (χ2n) is 7.30. The Bertz CT molecular complexity index is 809. The van der Waals surface area contributed by atoms with Crippen LogP contribution in [0, 0.1) is 5.92 Å². The summed E-state index contributed by atoms with van der Waals surface area (Å²) in [6.07, 6.45) is 3.46. The highest BCUT2D eigenvalue weighted by molar-refractivity contribution is 6.06. The van der Waals surface area contributed by atoms with Crippen molar-refractivity contribution in [2.75, 3.05) is 13.1 Å². The molecule has 0 spiro atoms. The van der Waals surface area contributed by atoms with Gasteiger partial charge in [-0.05, 0) is 56.5 Å². The van der Waals surface area contributed by atoms with Crippen LogP contribution >= 0.6 is 0 Å². The second kappa shape index (κ2) is 6.61. The molecule has 6 heteroatoms. The van der Waals surface area contributed by atoms with Crippen molar-refractivity contribution >= 4 is 11.9 Å². The van der Waals surface area contributed by atoms with Crippen molar-refractivity contribution in [1.82, 2.24) is 15.5 Å². The first-order chi connectivity index (χ1) is 12.6. The van der Waals surface area contributed by atoms with Crippen LogP contribution in [-0.2, 0) is 11.3 Å². The van der Waals surface area contributed by atoms with Crippen molar-refractivity contribution in [2.45, 2.75) is 31.8 Å². The molecule has 1 atom stereocenters. The molecule has 0 saturated carbocycles. The van der Waals surface area contributed by atoms with E-state index in [4.69, 9.17) is 4.42 Å². The van der Waals surface area contributed by atoms with Crippen LogP contribution in [-0.4, -0.2) is 35.5 Å². The van der Waals surface area contributed by atoms with Crippen LogP contribution in [0.25, 0.3) is 11.3 Å². The number of rotatable bonds is 4. The molecule has 6 nitrogen and oxygen atoms in total. The number of nitrogens with one attached hydrogen (secondary N) is 2. The molecule has 2 fully saturated rings. The van der Waals surface area contributed by atoms with E-state index in [1.165, 1.54) is 5.56 Å². The lowest BCUT2D eigenvalue weighted by Gasteiger charge is -2.38. The Morgan fingerprint density at radius 2 is 1.92 bits per heavy atom. The zero-order valence-corrected chi connectivity index (χ0v) is 14.8. The van der Waals surface area contributed by atoms with E-state index in [-0.39, 0.29) is 17.9 Å². The SMILES string of the molecule is CC1(C2CCN(Cc3ccccc3-c3ccco3)CC2)NC(=O)NC1=O. The molecule has 3 amide bonds. The van der Waals surface area contributed by atoms with Crippen LogP contribution in [0.4, 0.5) is 4.79 Å². The molecular formula is C20H23N3O3. The molecule has 2 aliphatic heterocycles. The van der Waals surface area contributed by atoms with Gasteiger partial charge in [0.25, 0.3) is 5.91 Å². The number of likely N-dealkylation sites (tertiary alicyclic amines) is 1. The Labute approximate surface area is 152 Å². The van der Waals surface area contributed by atoms with Crippen LogP contribution in [0.15, 0.2) is 47.1 Å². The minimum absolute atomic E-state index is 0.158. The van der Waals surface area contributed by atoms with Crippen molar-refractivity contribution < 1.29 is 14.0 Å². The standard InChI is InChI=1S/C20H23N3O3/c1-20(18(24)21-19(25)22-20)15-8-10-23(11-9-15)13-14-5-2-3-6-16(14)17-7-4-12-26-17/h2-7,12,15H,8-11,13H2,1H3,(H2,21,22,24,25). The van der Waals surface area contributed by atoms with Gasteiger partial charge < -0.3 is 9.73 Å². The second-order valence-corrected chi connectivity index (χ2v) is 7.30. The molecule has 2 saturated heterocycles.